The van der Waals surface area contributed by atoms with Crippen LogP contribution in [0.15, 0.2) is 24.3 Å². The van der Waals surface area contributed by atoms with Crippen LogP contribution in [0.1, 0.15) is 22.8 Å². The largest absolute Gasteiger partial charge is 0.291 e. The van der Waals surface area contributed by atoms with Crippen LogP contribution in [0.25, 0.3) is 0 Å². The van der Waals surface area contributed by atoms with Crippen molar-refractivity contribution in [2.45, 2.75) is 13.8 Å². The number of aryl methyl sites for hydroxylation is 1. The zero-order chi connectivity index (χ0) is 9.14. The third kappa shape index (κ3) is 1.59. The molecule has 0 spiro atoms. The Hall–Kier alpha value is -1.44. The van der Waals surface area contributed by atoms with Crippen LogP contribution in [0, 0.1) is 6.92 Å². The number of Topliss-reactive ketones (excluding diaryl/α,β-unsaturated/α-hetero) is 2. The molecule has 2 heteroatoms. The molecule has 0 aromatic heterocycles. The first-order valence-electron chi connectivity index (χ1n) is 3.74. The first-order valence-corrected chi connectivity index (χ1v) is 3.74. The van der Waals surface area contributed by atoms with E-state index in [9.17, 15) is 9.59 Å². The van der Waals surface area contributed by atoms with Gasteiger partial charge in [0.15, 0.2) is 5.78 Å². The molecule has 0 N–H and O–H groups in total. The minimum atomic E-state index is -0.413. The molecule has 1 aromatic rings. The maximum atomic E-state index is 11.2. The van der Waals surface area contributed by atoms with Crippen molar-refractivity contribution in [2.24, 2.45) is 0 Å². The lowest BCUT2D eigenvalue weighted by molar-refractivity contribution is -0.113. The number of carbonyl (C=O) groups is 2. The minimum Gasteiger partial charge on any atom is -0.291 e. The summed E-state index contributed by atoms with van der Waals surface area (Å²) in [6.07, 6.45) is 0. The van der Waals surface area contributed by atoms with E-state index in [1.54, 1.807) is 12.1 Å². The summed E-state index contributed by atoms with van der Waals surface area (Å²) < 4.78 is 0. The highest BCUT2D eigenvalue weighted by Gasteiger charge is 2.12. The van der Waals surface area contributed by atoms with E-state index in [1.165, 1.54) is 6.92 Å². The maximum Gasteiger partial charge on any atom is 0.228 e. The third-order valence-corrected chi connectivity index (χ3v) is 1.71. The van der Waals surface area contributed by atoms with Crippen molar-refractivity contribution < 1.29 is 9.59 Å². The van der Waals surface area contributed by atoms with Gasteiger partial charge < -0.3 is 0 Å². The minimum absolute atomic E-state index is 0.409. The zero-order valence-electron chi connectivity index (χ0n) is 7.13. The summed E-state index contributed by atoms with van der Waals surface area (Å²) in [6, 6.07) is 7.07. The summed E-state index contributed by atoms with van der Waals surface area (Å²) in [5.74, 6) is -0.822. The summed E-state index contributed by atoms with van der Waals surface area (Å²) in [6.45, 7) is 3.10. The van der Waals surface area contributed by atoms with Gasteiger partial charge in [-0.2, -0.15) is 0 Å². The number of ketones is 2. The first kappa shape index (κ1) is 8.65. The molecule has 2 nitrogen and oxygen atoms in total. The molecule has 12 heavy (non-hydrogen) atoms. The maximum absolute atomic E-state index is 11.2. The van der Waals surface area contributed by atoms with Crippen molar-refractivity contribution in [3.8, 4) is 0 Å². The van der Waals surface area contributed by atoms with Crippen molar-refractivity contribution in [2.75, 3.05) is 0 Å². The smallest absolute Gasteiger partial charge is 0.228 e. The number of benzene rings is 1. The van der Waals surface area contributed by atoms with Crippen LogP contribution < -0.4 is 0 Å². The highest BCUT2D eigenvalue weighted by Crippen LogP contribution is 2.07. The van der Waals surface area contributed by atoms with Crippen LogP contribution in [-0.4, -0.2) is 11.6 Å². The van der Waals surface area contributed by atoms with Gasteiger partial charge in [0.1, 0.15) is 0 Å². The zero-order valence-corrected chi connectivity index (χ0v) is 7.13. The average Bonchev–Trinajstić information content (AvgIpc) is 2.04. The normalized spacial score (nSPS) is 9.50. The van der Waals surface area contributed by atoms with Crippen molar-refractivity contribution in [3.05, 3.63) is 35.4 Å². The van der Waals surface area contributed by atoms with E-state index in [1.807, 2.05) is 19.1 Å². The van der Waals surface area contributed by atoms with Crippen molar-refractivity contribution in [3.63, 3.8) is 0 Å². The van der Waals surface area contributed by atoms with Crippen LogP contribution in [0.3, 0.4) is 0 Å². The summed E-state index contributed by atoms with van der Waals surface area (Å²) in [4.78, 5) is 22.0. The number of hydrogen-bond donors (Lipinski definition) is 0. The molecule has 0 saturated carbocycles. The van der Waals surface area contributed by atoms with E-state index in [-0.39, 0.29) is 0 Å². The Morgan fingerprint density at radius 3 is 2.25 bits per heavy atom. The van der Waals surface area contributed by atoms with E-state index < -0.39 is 11.6 Å². The molecule has 0 unspecified atom stereocenters. The second kappa shape index (κ2) is 3.30. The molecule has 0 bridgehead atoms. The van der Waals surface area contributed by atoms with Crippen molar-refractivity contribution >= 4 is 11.6 Å². The van der Waals surface area contributed by atoms with E-state index in [4.69, 9.17) is 0 Å². The van der Waals surface area contributed by atoms with Gasteiger partial charge in [0.05, 0.1) is 0 Å². The molecule has 0 radical (unpaired) electrons. The lowest BCUT2D eigenvalue weighted by Crippen LogP contribution is -2.10. The van der Waals surface area contributed by atoms with Crippen molar-refractivity contribution in [1.82, 2.24) is 0 Å². The number of carbonyl (C=O) groups excluding carboxylic acids is 2. The van der Waals surface area contributed by atoms with E-state index in [0.717, 1.165) is 5.56 Å². The first-order chi connectivity index (χ1) is 5.63. The molecular formula is C10H10O2. The summed E-state index contributed by atoms with van der Waals surface area (Å²) in [7, 11) is 0. The van der Waals surface area contributed by atoms with Gasteiger partial charge in [-0.15, -0.1) is 0 Å². The van der Waals surface area contributed by atoms with E-state index in [0.29, 0.717) is 5.56 Å². The number of rotatable bonds is 2. The van der Waals surface area contributed by atoms with Gasteiger partial charge >= 0.3 is 0 Å². The molecule has 0 atom stereocenters. The fourth-order valence-corrected chi connectivity index (χ4v) is 1.02. The van der Waals surface area contributed by atoms with Gasteiger partial charge in [-0.05, 0) is 12.5 Å². The highest BCUT2D eigenvalue weighted by molar-refractivity contribution is 6.43. The molecule has 0 saturated heterocycles. The van der Waals surface area contributed by atoms with Crippen LogP contribution in [0.4, 0.5) is 0 Å². The van der Waals surface area contributed by atoms with Gasteiger partial charge in [-0.3, -0.25) is 9.59 Å². The van der Waals surface area contributed by atoms with Crippen LogP contribution in [0.5, 0.6) is 0 Å². The Bertz CT molecular complexity index is 326. The standard InChI is InChI=1S/C10H10O2/c1-7-5-3-4-6-9(7)10(12)8(2)11/h3-6H,1-2H3. The topological polar surface area (TPSA) is 34.1 Å². The van der Waals surface area contributed by atoms with Crippen molar-refractivity contribution in [1.29, 1.82) is 0 Å². The molecule has 0 aliphatic carbocycles. The number of hydrogen-bond acceptors (Lipinski definition) is 2. The second-order valence-corrected chi connectivity index (χ2v) is 2.70. The summed E-state index contributed by atoms with van der Waals surface area (Å²) in [5, 5.41) is 0. The van der Waals surface area contributed by atoms with Gasteiger partial charge in [-0.1, -0.05) is 24.3 Å². The molecule has 0 aliphatic heterocycles. The molecule has 0 amide bonds. The predicted octanol–water partition coefficient (Wildman–Crippen LogP) is 1.77. The molecular weight excluding hydrogens is 152 g/mol. The molecule has 1 rings (SSSR count). The molecule has 0 aliphatic rings. The third-order valence-electron chi connectivity index (χ3n) is 1.71. The second-order valence-electron chi connectivity index (χ2n) is 2.70. The van der Waals surface area contributed by atoms with Gasteiger partial charge in [0.25, 0.3) is 0 Å². The molecule has 1 aromatic carbocycles. The fraction of sp³-hybridized carbons (Fsp3) is 0.200. The van der Waals surface area contributed by atoms with Crippen LogP contribution in [-0.2, 0) is 4.79 Å². The Morgan fingerprint density at radius 1 is 1.17 bits per heavy atom. The Balaban J connectivity index is 3.11. The van der Waals surface area contributed by atoms with Gasteiger partial charge in [0, 0.05) is 12.5 Å². The average molecular weight is 162 g/mol. The monoisotopic (exact) mass is 162 g/mol. The lowest BCUT2D eigenvalue weighted by atomic mass is 10.0. The fourth-order valence-electron chi connectivity index (χ4n) is 1.02. The highest BCUT2D eigenvalue weighted by atomic mass is 16.2. The molecule has 0 heterocycles. The van der Waals surface area contributed by atoms with E-state index in [2.05, 4.69) is 0 Å². The Labute approximate surface area is 71.2 Å². The lowest BCUT2D eigenvalue weighted by Gasteiger charge is -1.99. The quantitative estimate of drug-likeness (QED) is 0.490. The molecule has 62 valence electrons. The Morgan fingerprint density at radius 2 is 1.75 bits per heavy atom. The van der Waals surface area contributed by atoms with Crippen LogP contribution in [0.2, 0.25) is 0 Å². The van der Waals surface area contributed by atoms with Crippen LogP contribution >= 0.6 is 0 Å². The SMILES string of the molecule is CC(=O)C(=O)c1ccccc1C. The summed E-state index contributed by atoms with van der Waals surface area (Å²) >= 11 is 0. The van der Waals surface area contributed by atoms with Gasteiger partial charge in [-0.25, -0.2) is 0 Å². The predicted molar refractivity (Wildman–Crippen MR) is 46.2 cm³/mol. The van der Waals surface area contributed by atoms with Gasteiger partial charge in [0.2, 0.25) is 5.78 Å². The Kier molecular flexibility index (Phi) is 2.38. The summed E-state index contributed by atoms with van der Waals surface area (Å²) in [5.41, 5.74) is 1.35. The van der Waals surface area contributed by atoms with E-state index >= 15 is 0 Å². The molecule has 0 fully saturated rings.